The fraction of sp³-hybridized carbons (Fsp3) is 0.200. The molecule has 0 spiro atoms. The van der Waals surface area contributed by atoms with Crippen molar-refractivity contribution in [1.29, 1.82) is 0 Å². The number of rotatable bonds is 6. The van der Waals surface area contributed by atoms with Crippen LogP contribution in [-0.2, 0) is 18.0 Å². The van der Waals surface area contributed by atoms with Crippen LogP contribution in [0.15, 0.2) is 65.0 Å². The van der Waals surface area contributed by atoms with Gasteiger partial charge in [-0.1, -0.05) is 64.9 Å². The quantitative estimate of drug-likeness (QED) is 0.267. The zero-order chi connectivity index (χ0) is 20.2. The Morgan fingerprint density at radius 2 is 1.97 bits per heavy atom. The smallest absolute Gasteiger partial charge is 0.235 e. The van der Waals surface area contributed by atoms with Crippen molar-refractivity contribution < 1.29 is 4.84 Å². The van der Waals surface area contributed by atoms with Crippen molar-refractivity contribution in [3.8, 4) is 0 Å². The zero-order valence-corrected chi connectivity index (χ0v) is 17.6. The highest BCUT2D eigenvalue weighted by atomic mass is 35.5. The molecule has 0 radical (unpaired) electrons. The molecule has 3 aromatic heterocycles. The molecule has 0 aliphatic carbocycles. The van der Waals surface area contributed by atoms with Gasteiger partial charge in [-0.25, -0.2) is 4.98 Å². The van der Waals surface area contributed by atoms with Crippen molar-refractivity contribution in [1.82, 2.24) is 24.1 Å². The summed E-state index contributed by atoms with van der Waals surface area (Å²) in [4.78, 5) is 14.4. The highest BCUT2D eigenvalue weighted by Crippen LogP contribution is 2.14. The van der Waals surface area contributed by atoms with Crippen molar-refractivity contribution in [2.24, 2.45) is 5.16 Å². The highest BCUT2D eigenvalue weighted by molar-refractivity contribution is 7.98. The van der Waals surface area contributed by atoms with Crippen LogP contribution in [0.2, 0.25) is 5.15 Å². The van der Waals surface area contributed by atoms with E-state index in [-0.39, 0.29) is 0 Å². The number of pyridine rings is 1. The predicted octanol–water partition coefficient (Wildman–Crippen LogP) is 3.69. The molecule has 148 valence electrons. The Balaban J connectivity index is 1.71. The van der Waals surface area contributed by atoms with Gasteiger partial charge in [0.2, 0.25) is 10.9 Å². The lowest BCUT2D eigenvalue weighted by Crippen LogP contribution is -2.22. The van der Waals surface area contributed by atoms with Crippen molar-refractivity contribution in [3.63, 3.8) is 0 Å². The van der Waals surface area contributed by atoms with E-state index in [1.54, 1.807) is 16.8 Å². The van der Waals surface area contributed by atoms with Crippen LogP contribution in [0, 0.1) is 6.92 Å². The average Bonchev–Trinajstić information content (AvgIpc) is 3.18. The Kier molecular flexibility index (Phi) is 5.82. The zero-order valence-electron chi connectivity index (χ0n) is 16.0. The molecule has 0 bridgehead atoms. The Labute approximate surface area is 177 Å². The third-order valence-electron chi connectivity index (χ3n) is 4.34. The summed E-state index contributed by atoms with van der Waals surface area (Å²) in [5.41, 5.74) is 3.64. The number of halogens is 1. The molecule has 3 heterocycles. The monoisotopic (exact) mass is 426 g/mol. The molecule has 0 fully saturated rings. The largest absolute Gasteiger partial charge is 0.389 e. The lowest BCUT2D eigenvalue weighted by molar-refractivity contribution is 0.117. The van der Waals surface area contributed by atoms with Crippen molar-refractivity contribution in [2.75, 3.05) is 6.26 Å². The minimum absolute atomic E-state index is 0.386. The van der Waals surface area contributed by atoms with Crippen LogP contribution in [0.1, 0.15) is 16.8 Å². The van der Waals surface area contributed by atoms with Crippen LogP contribution >= 0.6 is 23.4 Å². The van der Waals surface area contributed by atoms with Gasteiger partial charge in [-0.05, 0) is 30.4 Å². The van der Waals surface area contributed by atoms with E-state index in [9.17, 15) is 0 Å². The van der Waals surface area contributed by atoms with E-state index in [0.717, 1.165) is 16.8 Å². The minimum Gasteiger partial charge on any atom is -0.389 e. The first-order valence-corrected chi connectivity index (χ1v) is 10.6. The van der Waals surface area contributed by atoms with Gasteiger partial charge >= 0.3 is 0 Å². The van der Waals surface area contributed by atoms with Gasteiger partial charge < -0.3 is 9.40 Å². The Bertz CT molecular complexity index is 1190. The molecule has 0 amide bonds. The van der Waals surface area contributed by atoms with Crippen molar-refractivity contribution in [3.05, 3.63) is 82.2 Å². The molecule has 0 saturated heterocycles. The lowest BCUT2D eigenvalue weighted by atomic mass is 10.2. The maximum Gasteiger partial charge on any atom is 0.235 e. The summed E-state index contributed by atoms with van der Waals surface area (Å²) >= 11 is 7.38. The molecular weight excluding hydrogens is 408 g/mol. The number of benzene rings is 1. The van der Waals surface area contributed by atoms with E-state index in [2.05, 4.69) is 24.8 Å². The Morgan fingerprint density at radius 3 is 2.69 bits per heavy atom. The topological polar surface area (TPSA) is 69.6 Å². The van der Waals surface area contributed by atoms with Crippen LogP contribution < -0.4 is 5.49 Å². The lowest BCUT2D eigenvalue weighted by Gasteiger charge is -2.12. The number of fused-ring (bicyclic) bond motifs is 1. The number of hydrogen-bond donors (Lipinski definition) is 0. The average molecular weight is 427 g/mol. The SMILES string of the molecule is CSc1nc2n(Cc3ccc(Cl)nc3)c(C)cc(=NOCc3ccccc3)n2n1. The summed E-state index contributed by atoms with van der Waals surface area (Å²) in [7, 11) is 0. The van der Waals surface area contributed by atoms with Crippen LogP contribution in [0.25, 0.3) is 5.78 Å². The summed E-state index contributed by atoms with van der Waals surface area (Å²) in [6, 6.07) is 15.6. The normalized spacial score (nSPS) is 11.9. The molecule has 1 aromatic carbocycles. The second-order valence-electron chi connectivity index (χ2n) is 6.38. The third kappa shape index (κ3) is 4.44. The molecule has 0 aliphatic rings. The molecule has 9 heteroatoms. The number of aryl methyl sites for hydroxylation is 1. The molecule has 7 nitrogen and oxygen atoms in total. The first-order chi connectivity index (χ1) is 14.1. The number of aromatic nitrogens is 5. The Morgan fingerprint density at radius 1 is 1.14 bits per heavy atom. The van der Waals surface area contributed by atoms with Gasteiger partial charge in [-0.15, -0.1) is 5.10 Å². The van der Waals surface area contributed by atoms with E-state index in [4.69, 9.17) is 16.4 Å². The predicted molar refractivity (Wildman–Crippen MR) is 113 cm³/mol. The standard InChI is InChI=1S/C20H19ClN6OS/c1-14-10-18(25-28-13-15-6-4-3-5-7-15)27-20(23-19(24-27)29-2)26(14)12-16-8-9-17(21)22-11-16/h3-11H,12-13H2,1-2H3. The maximum atomic E-state index is 5.90. The fourth-order valence-electron chi connectivity index (χ4n) is 2.87. The molecule has 4 rings (SSSR count). The summed E-state index contributed by atoms with van der Waals surface area (Å²) in [5.74, 6) is 0.686. The van der Waals surface area contributed by atoms with Crippen LogP contribution in [0.5, 0.6) is 0 Å². The third-order valence-corrected chi connectivity index (χ3v) is 5.10. The van der Waals surface area contributed by atoms with E-state index in [1.807, 2.05) is 55.6 Å². The van der Waals surface area contributed by atoms with Gasteiger partial charge in [-0.3, -0.25) is 0 Å². The summed E-state index contributed by atoms with van der Waals surface area (Å²) < 4.78 is 3.76. The number of thioether (sulfide) groups is 1. The first kappa shape index (κ1) is 19.5. The molecule has 0 N–H and O–H groups in total. The number of nitrogens with zero attached hydrogens (tertiary/aromatic N) is 6. The molecule has 29 heavy (non-hydrogen) atoms. The molecular formula is C20H19ClN6OS. The van der Waals surface area contributed by atoms with Gasteiger partial charge in [0.05, 0.1) is 6.54 Å². The van der Waals surface area contributed by atoms with E-state index in [0.29, 0.717) is 34.7 Å². The van der Waals surface area contributed by atoms with Crippen LogP contribution in [0.4, 0.5) is 0 Å². The summed E-state index contributed by atoms with van der Waals surface area (Å²) in [6.07, 6.45) is 3.70. The van der Waals surface area contributed by atoms with Crippen LogP contribution in [0.3, 0.4) is 0 Å². The Hall–Kier alpha value is -2.84. The van der Waals surface area contributed by atoms with E-state index >= 15 is 0 Å². The van der Waals surface area contributed by atoms with Crippen molar-refractivity contribution >= 4 is 29.1 Å². The molecule has 0 atom stereocenters. The minimum atomic E-state index is 0.386. The van der Waals surface area contributed by atoms with E-state index in [1.165, 1.54) is 11.8 Å². The van der Waals surface area contributed by atoms with Gasteiger partial charge in [0.25, 0.3) is 0 Å². The maximum absolute atomic E-state index is 5.90. The second kappa shape index (κ2) is 8.67. The van der Waals surface area contributed by atoms with E-state index < -0.39 is 0 Å². The summed E-state index contributed by atoms with van der Waals surface area (Å²) in [6.45, 7) is 2.99. The van der Waals surface area contributed by atoms with Crippen LogP contribution in [-0.4, -0.2) is 30.4 Å². The first-order valence-electron chi connectivity index (χ1n) is 8.95. The van der Waals surface area contributed by atoms with Gasteiger partial charge in [0.15, 0.2) is 5.49 Å². The second-order valence-corrected chi connectivity index (χ2v) is 7.54. The molecule has 0 unspecified atom stereocenters. The molecule has 0 saturated carbocycles. The summed E-state index contributed by atoms with van der Waals surface area (Å²) in [5, 5.41) is 9.99. The highest BCUT2D eigenvalue weighted by Gasteiger charge is 2.12. The number of hydrogen-bond acceptors (Lipinski definition) is 6. The van der Waals surface area contributed by atoms with Gasteiger partial charge in [0.1, 0.15) is 11.8 Å². The van der Waals surface area contributed by atoms with Crippen molar-refractivity contribution in [2.45, 2.75) is 25.2 Å². The van der Waals surface area contributed by atoms with Gasteiger partial charge in [-0.2, -0.15) is 9.50 Å². The van der Waals surface area contributed by atoms with Gasteiger partial charge in [0, 0.05) is 18.0 Å². The molecule has 4 aromatic rings. The molecule has 0 aliphatic heterocycles. The fourth-order valence-corrected chi connectivity index (χ4v) is 3.32.